The fourth-order valence-electron chi connectivity index (χ4n) is 3.56. The van der Waals surface area contributed by atoms with E-state index >= 15 is 0 Å². The smallest absolute Gasteiger partial charge is 0.191 e. The van der Waals surface area contributed by atoms with Crippen molar-refractivity contribution >= 4 is 23.1 Å². The molecular weight excluding hydrogens is 360 g/mol. The van der Waals surface area contributed by atoms with E-state index in [2.05, 4.69) is 74.6 Å². The van der Waals surface area contributed by atoms with E-state index in [-0.39, 0.29) is 0 Å². The zero-order valence-corrected chi connectivity index (χ0v) is 16.7. The first-order chi connectivity index (χ1) is 12.8. The second-order valence-electron chi connectivity index (χ2n) is 6.83. The van der Waals surface area contributed by atoms with E-state index in [1.54, 1.807) is 11.8 Å². The van der Waals surface area contributed by atoms with Gasteiger partial charge in [0.15, 0.2) is 5.16 Å². The summed E-state index contributed by atoms with van der Waals surface area (Å²) >= 11 is 3.61. The Morgan fingerprint density at radius 3 is 2.85 bits per heavy atom. The molecule has 4 nitrogen and oxygen atoms in total. The Kier molecular flexibility index (Phi) is 5.72. The lowest BCUT2D eigenvalue weighted by molar-refractivity contribution is 0.196. The minimum atomic E-state index is 0.479. The van der Waals surface area contributed by atoms with Gasteiger partial charge < -0.3 is 4.57 Å². The number of thioether (sulfide) groups is 1. The van der Waals surface area contributed by atoms with Crippen molar-refractivity contribution in [3.8, 4) is 0 Å². The summed E-state index contributed by atoms with van der Waals surface area (Å²) in [5, 5.41) is 12.2. The van der Waals surface area contributed by atoms with E-state index in [9.17, 15) is 0 Å². The van der Waals surface area contributed by atoms with Gasteiger partial charge in [0.2, 0.25) is 0 Å². The number of thiophene rings is 1. The molecule has 1 aliphatic heterocycles. The molecule has 2 aromatic heterocycles. The SMILES string of the molecule is Cn1c(SCc2ccccc2)nnc1[C@H]1CCCN(Cc2cccs2)C1. The van der Waals surface area contributed by atoms with Crippen molar-refractivity contribution in [2.45, 2.75) is 36.2 Å². The number of rotatable bonds is 6. The molecule has 1 aromatic carbocycles. The van der Waals surface area contributed by atoms with E-state index in [0.29, 0.717) is 5.92 Å². The van der Waals surface area contributed by atoms with Gasteiger partial charge in [-0.1, -0.05) is 48.2 Å². The van der Waals surface area contributed by atoms with Crippen molar-refractivity contribution in [2.75, 3.05) is 13.1 Å². The number of piperidine rings is 1. The molecule has 1 fully saturated rings. The maximum absolute atomic E-state index is 4.55. The zero-order valence-electron chi connectivity index (χ0n) is 15.0. The van der Waals surface area contributed by atoms with Gasteiger partial charge in [0.25, 0.3) is 0 Å². The number of hydrogen-bond acceptors (Lipinski definition) is 5. The van der Waals surface area contributed by atoms with E-state index in [4.69, 9.17) is 0 Å². The van der Waals surface area contributed by atoms with E-state index in [1.807, 2.05) is 11.3 Å². The molecule has 3 aromatic rings. The molecule has 136 valence electrons. The molecule has 0 N–H and O–H groups in total. The van der Waals surface area contributed by atoms with Gasteiger partial charge in [0.1, 0.15) is 5.82 Å². The molecule has 0 spiro atoms. The Bertz CT molecular complexity index is 814. The molecule has 0 radical (unpaired) electrons. The second kappa shape index (κ2) is 8.37. The summed E-state index contributed by atoms with van der Waals surface area (Å²) in [4.78, 5) is 4.01. The van der Waals surface area contributed by atoms with Crippen molar-refractivity contribution in [2.24, 2.45) is 7.05 Å². The maximum atomic E-state index is 4.55. The van der Waals surface area contributed by atoms with Crippen LogP contribution in [0.25, 0.3) is 0 Å². The standard InChI is InChI=1S/C20H24N4S2/c1-23-19(21-22-20(23)26-15-16-7-3-2-4-8-16)17-9-5-11-24(13-17)14-18-10-6-12-25-18/h2-4,6-8,10,12,17H,5,9,11,13-15H2,1H3/t17-/m0/s1. The molecule has 3 heterocycles. The Morgan fingerprint density at radius 2 is 2.04 bits per heavy atom. The van der Waals surface area contributed by atoms with Crippen LogP contribution in [-0.2, 0) is 19.3 Å². The molecule has 6 heteroatoms. The van der Waals surface area contributed by atoms with Gasteiger partial charge in [0.05, 0.1) is 0 Å². The van der Waals surface area contributed by atoms with Crippen LogP contribution in [0.3, 0.4) is 0 Å². The van der Waals surface area contributed by atoms with Crippen LogP contribution in [0.5, 0.6) is 0 Å². The topological polar surface area (TPSA) is 34.0 Å². The summed E-state index contributed by atoms with van der Waals surface area (Å²) in [5.74, 6) is 2.55. The lowest BCUT2D eigenvalue weighted by Crippen LogP contribution is -2.34. The Hall–Kier alpha value is -1.63. The summed E-state index contributed by atoms with van der Waals surface area (Å²) < 4.78 is 2.20. The first-order valence-corrected chi connectivity index (χ1v) is 11.0. The van der Waals surface area contributed by atoms with Crippen molar-refractivity contribution in [3.63, 3.8) is 0 Å². The first-order valence-electron chi connectivity index (χ1n) is 9.10. The molecule has 4 rings (SSSR count). The van der Waals surface area contributed by atoms with Gasteiger partial charge in [-0.25, -0.2) is 0 Å². The van der Waals surface area contributed by atoms with Crippen LogP contribution in [0, 0.1) is 0 Å². The van der Waals surface area contributed by atoms with Crippen LogP contribution in [0.1, 0.15) is 35.0 Å². The van der Waals surface area contributed by atoms with E-state index < -0.39 is 0 Å². The van der Waals surface area contributed by atoms with Gasteiger partial charge in [-0.15, -0.1) is 21.5 Å². The maximum Gasteiger partial charge on any atom is 0.191 e. The molecule has 1 atom stereocenters. The van der Waals surface area contributed by atoms with Crippen LogP contribution < -0.4 is 0 Å². The molecule has 0 saturated carbocycles. The minimum Gasteiger partial charge on any atom is -0.309 e. The highest BCUT2D eigenvalue weighted by Crippen LogP contribution is 2.29. The monoisotopic (exact) mass is 384 g/mol. The Balaban J connectivity index is 1.40. The average molecular weight is 385 g/mol. The number of nitrogens with zero attached hydrogens (tertiary/aromatic N) is 4. The average Bonchev–Trinajstić information content (AvgIpc) is 3.31. The van der Waals surface area contributed by atoms with Crippen LogP contribution in [0.4, 0.5) is 0 Å². The lowest BCUT2D eigenvalue weighted by Gasteiger charge is -2.31. The Morgan fingerprint density at radius 1 is 1.15 bits per heavy atom. The number of benzene rings is 1. The summed E-state index contributed by atoms with van der Waals surface area (Å²) in [7, 11) is 2.11. The van der Waals surface area contributed by atoms with Gasteiger partial charge in [-0.05, 0) is 36.4 Å². The summed E-state index contributed by atoms with van der Waals surface area (Å²) in [6.07, 6.45) is 2.44. The van der Waals surface area contributed by atoms with Crippen molar-refractivity contribution in [1.82, 2.24) is 19.7 Å². The quantitative estimate of drug-likeness (QED) is 0.584. The largest absolute Gasteiger partial charge is 0.309 e. The predicted molar refractivity (Wildman–Crippen MR) is 109 cm³/mol. The third-order valence-electron chi connectivity index (χ3n) is 4.91. The number of likely N-dealkylation sites (tertiary alicyclic amines) is 1. The summed E-state index contributed by atoms with van der Waals surface area (Å²) in [6, 6.07) is 14.9. The predicted octanol–water partition coefficient (Wildman–Crippen LogP) is 4.55. The minimum absolute atomic E-state index is 0.479. The summed E-state index contributed by atoms with van der Waals surface area (Å²) in [5.41, 5.74) is 1.32. The molecule has 26 heavy (non-hydrogen) atoms. The van der Waals surface area contributed by atoms with Gasteiger partial charge in [0, 0.05) is 36.7 Å². The highest BCUT2D eigenvalue weighted by Gasteiger charge is 2.26. The first kappa shape index (κ1) is 17.8. The van der Waals surface area contributed by atoms with Crippen LogP contribution in [0.2, 0.25) is 0 Å². The second-order valence-corrected chi connectivity index (χ2v) is 8.80. The fourth-order valence-corrected chi connectivity index (χ4v) is 5.18. The molecule has 0 amide bonds. The zero-order chi connectivity index (χ0) is 17.8. The molecule has 0 bridgehead atoms. The van der Waals surface area contributed by atoms with E-state index in [0.717, 1.165) is 29.8 Å². The third-order valence-corrected chi connectivity index (χ3v) is 6.86. The molecular formula is C20H24N4S2. The van der Waals surface area contributed by atoms with Gasteiger partial charge in [-0.3, -0.25) is 4.90 Å². The van der Waals surface area contributed by atoms with Crippen LogP contribution in [-0.4, -0.2) is 32.8 Å². The highest BCUT2D eigenvalue weighted by molar-refractivity contribution is 7.98. The normalized spacial score (nSPS) is 18.3. The van der Waals surface area contributed by atoms with Gasteiger partial charge >= 0.3 is 0 Å². The third kappa shape index (κ3) is 4.19. The van der Waals surface area contributed by atoms with E-state index in [1.165, 1.54) is 29.8 Å². The molecule has 1 saturated heterocycles. The van der Waals surface area contributed by atoms with Crippen molar-refractivity contribution in [1.29, 1.82) is 0 Å². The number of hydrogen-bond donors (Lipinski definition) is 0. The lowest BCUT2D eigenvalue weighted by atomic mass is 9.97. The van der Waals surface area contributed by atoms with Crippen molar-refractivity contribution in [3.05, 3.63) is 64.1 Å². The van der Waals surface area contributed by atoms with Gasteiger partial charge in [-0.2, -0.15) is 0 Å². The fraction of sp³-hybridized carbons (Fsp3) is 0.400. The summed E-state index contributed by atoms with van der Waals surface area (Å²) in [6.45, 7) is 3.32. The molecule has 1 aliphatic rings. The van der Waals surface area contributed by atoms with Crippen LogP contribution in [0.15, 0.2) is 53.0 Å². The molecule has 0 aliphatic carbocycles. The molecule has 0 unspecified atom stereocenters. The van der Waals surface area contributed by atoms with Crippen LogP contribution >= 0.6 is 23.1 Å². The Labute approximate surface area is 163 Å². The number of aromatic nitrogens is 3. The highest BCUT2D eigenvalue weighted by atomic mass is 32.2. The van der Waals surface area contributed by atoms with Crippen molar-refractivity contribution < 1.29 is 0 Å².